The fourth-order valence-electron chi connectivity index (χ4n) is 8.40. The summed E-state index contributed by atoms with van der Waals surface area (Å²) in [4.78, 5) is 0. The van der Waals surface area contributed by atoms with Crippen molar-refractivity contribution in [2.24, 2.45) is 34.5 Å². The Morgan fingerprint density at radius 2 is 1.07 bits per heavy atom. The van der Waals surface area contributed by atoms with E-state index in [4.69, 9.17) is 0 Å². The van der Waals surface area contributed by atoms with E-state index in [0.717, 1.165) is 34.5 Å². The lowest BCUT2D eigenvalue weighted by molar-refractivity contribution is -0.106. The average Bonchev–Trinajstić information content (AvgIpc) is 2.68. The van der Waals surface area contributed by atoms with Gasteiger partial charge in [0.2, 0.25) is 0 Å². The van der Waals surface area contributed by atoms with Crippen molar-refractivity contribution in [3.63, 3.8) is 0 Å². The van der Waals surface area contributed by atoms with E-state index in [1.165, 1.54) is 32.1 Å². The minimum atomic E-state index is 0.826. The lowest BCUT2D eigenvalue weighted by atomic mass is 9.43. The number of hydrogen-bond acceptors (Lipinski definition) is 0. The molecule has 0 unspecified atom stereocenters. The Kier molecular flexibility index (Phi) is 6.60. The molecule has 156 valence electrons. The van der Waals surface area contributed by atoms with Crippen LogP contribution in [0.3, 0.4) is 0 Å². The molecule has 2 spiro atoms. The Bertz CT molecular complexity index is 429. The highest BCUT2D eigenvalue weighted by atomic mass is 14.6. The van der Waals surface area contributed by atoms with Crippen molar-refractivity contribution >= 4 is 0 Å². The highest BCUT2D eigenvalue weighted by Crippen LogP contribution is 2.67. The summed E-state index contributed by atoms with van der Waals surface area (Å²) in [5.74, 6) is 4.39. The molecule has 0 nitrogen and oxygen atoms in total. The first-order chi connectivity index (χ1) is 13.2. The van der Waals surface area contributed by atoms with Crippen LogP contribution in [-0.4, -0.2) is 0 Å². The number of rotatable bonds is 6. The summed E-state index contributed by atoms with van der Waals surface area (Å²) in [7, 11) is 0. The minimum Gasteiger partial charge on any atom is -0.0654 e. The van der Waals surface area contributed by atoms with E-state index in [2.05, 4.69) is 13.8 Å². The largest absolute Gasteiger partial charge is 0.0654 e. The molecule has 0 heterocycles. The molecular formula is C27H48. The predicted molar refractivity (Wildman–Crippen MR) is 118 cm³/mol. The third-order valence-electron chi connectivity index (χ3n) is 9.98. The Labute approximate surface area is 170 Å². The van der Waals surface area contributed by atoms with Crippen LogP contribution >= 0.6 is 0 Å². The Morgan fingerprint density at radius 1 is 0.556 bits per heavy atom. The molecule has 0 radical (unpaired) electrons. The maximum atomic E-state index is 2.37. The zero-order valence-corrected chi connectivity index (χ0v) is 18.7. The smallest absolute Gasteiger partial charge is 0.0287 e. The highest BCUT2D eigenvalue weighted by molar-refractivity contribution is 5.06. The summed E-state index contributed by atoms with van der Waals surface area (Å²) in [6, 6.07) is 0. The van der Waals surface area contributed by atoms with E-state index < -0.39 is 0 Å². The monoisotopic (exact) mass is 372 g/mol. The van der Waals surface area contributed by atoms with E-state index in [0.29, 0.717) is 0 Å². The van der Waals surface area contributed by atoms with Gasteiger partial charge in [0.05, 0.1) is 0 Å². The van der Waals surface area contributed by atoms with Crippen molar-refractivity contribution in [1.82, 2.24) is 0 Å². The molecule has 0 saturated heterocycles. The maximum Gasteiger partial charge on any atom is -0.0287 e. The number of hydrogen-bond donors (Lipinski definition) is 0. The molecule has 4 saturated carbocycles. The van der Waals surface area contributed by atoms with Crippen LogP contribution in [0, 0.1) is 34.5 Å². The molecule has 0 atom stereocenters. The fraction of sp³-hybridized carbons (Fsp3) is 1.00. The second-order valence-electron chi connectivity index (χ2n) is 11.8. The molecule has 0 heteroatoms. The van der Waals surface area contributed by atoms with Crippen LogP contribution < -0.4 is 0 Å². The van der Waals surface area contributed by atoms with Gasteiger partial charge in [-0.3, -0.25) is 0 Å². The van der Waals surface area contributed by atoms with Crippen LogP contribution in [-0.2, 0) is 0 Å². The van der Waals surface area contributed by atoms with E-state index in [1.54, 1.807) is 89.9 Å². The topological polar surface area (TPSA) is 0 Å². The van der Waals surface area contributed by atoms with Crippen molar-refractivity contribution in [1.29, 1.82) is 0 Å². The zero-order valence-electron chi connectivity index (χ0n) is 18.7. The van der Waals surface area contributed by atoms with E-state index in [9.17, 15) is 0 Å². The van der Waals surface area contributed by atoms with Crippen LogP contribution in [0.2, 0.25) is 0 Å². The fourth-order valence-corrected chi connectivity index (χ4v) is 8.40. The van der Waals surface area contributed by atoms with Gasteiger partial charge in [0.1, 0.15) is 0 Å². The minimum absolute atomic E-state index is 0.826. The van der Waals surface area contributed by atoms with Crippen molar-refractivity contribution in [2.75, 3.05) is 0 Å². The molecular weight excluding hydrogens is 324 g/mol. The summed E-state index contributed by atoms with van der Waals surface area (Å²) in [5.41, 5.74) is 1.65. The van der Waals surface area contributed by atoms with Crippen LogP contribution in [0.4, 0.5) is 0 Å². The van der Waals surface area contributed by atoms with Gasteiger partial charge in [0, 0.05) is 0 Å². The van der Waals surface area contributed by atoms with Gasteiger partial charge in [0.15, 0.2) is 0 Å². The van der Waals surface area contributed by atoms with Crippen molar-refractivity contribution in [3.05, 3.63) is 0 Å². The Hall–Kier alpha value is 0. The summed E-state index contributed by atoms with van der Waals surface area (Å²) in [5, 5.41) is 0. The lowest BCUT2D eigenvalue weighted by Gasteiger charge is -2.62. The molecule has 0 aromatic heterocycles. The second-order valence-corrected chi connectivity index (χ2v) is 11.8. The first-order valence-electron chi connectivity index (χ1n) is 13.2. The predicted octanol–water partition coefficient (Wildman–Crippen LogP) is 8.93. The molecule has 0 aliphatic heterocycles. The SMILES string of the molecule is CCCCC1CCC2(CC1)CC1(CCC(C3CCC(CCC)CC3)CC1)C2. The first kappa shape index (κ1) is 20.3. The van der Waals surface area contributed by atoms with Gasteiger partial charge in [-0.15, -0.1) is 0 Å². The van der Waals surface area contributed by atoms with Crippen LogP contribution in [0.5, 0.6) is 0 Å². The molecule has 4 rings (SSSR count). The average molecular weight is 373 g/mol. The summed E-state index contributed by atoms with van der Waals surface area (Å²) >= 11 is 0. The molecule has 0 N–H and O–H groups in total. The Morgan fingerprint density at radius 3 is 1.63 bits per heavy atom. The van der Waals surface area contributed by atoms with Gasteiger partial charge in [-0.1, -0.05) is 58.8 Å². The van der Waals surface area contributed by atoms with E-state index in [1.807, 2.05) is 0 Å². The number of unbranched alkanes of at least 4 members (excludes halogenated alkanes) is 1. The zero-order chi connectivity index (χ0) is 18.7. The quantitative estimate of drug-likeness (QED) is 0.436. The van der Waals surface area contributed by atoms with Gasteiger partial charge < -0.3 is 0 Å². The lowest BCUT2D eigenvalue weighted by Crippen LogP contribution is -2.50. The standard InChI is InChI=1S/C27H48/c1-3-5-7-23-12-16-26(17-13-23)20-27(21-26)18-14-25(15-19-27)24-10-8-22(6-4-2)9-11-24/h22-25H,3-21H2,1-2H3. The van der Waals surface area contributed by atoms with Gasteiger partial charge in [-0.2, -0.15) is 0 Å². The summed E-state index contributed by atoms with van der Waals surface area (Å²) in [6.45, 7) is 4.73. The summed E-state index contributed by atoms with van der Waals surface area (Å²) < 4.78 is 0. The molecule has 0 bridgehead atoms. The third kappa shape index (κ3) is 4.61. The van der Waals surface area contributed by atoms with Crippen molar-refractivity contribution in [3.8, 4) is 0 Å². The van der Waals surface area contributed by atoms with Crippen LogP contribution in [0.25, 0.3) is 0 Å². The highest BCUT2D eigenvalue weighted by Gasteiger charge is 2.55. The molecule has 4 fully saturated rings. The van der Waals surface area contributed by atoms with Crippen LogP contribution in [0.1, 0.15) is 136 Å². The normalized spacial score (nSPS) is 45.1. The molecule has 4 aliphatic rings. The Balaban J connectivity index is 1.18. The molecule has 0 aromatic carbocycles. The first-order valence-corrected chi connectivity index (χ1v) is 13.2. The van der Waals surface area contributed by atoms with Gasteiger partial charge in [-0.25, -0.2) is 0 Å². The van der Waals surface area contributed by atoms with E-state index in [-0.39, 0.29) is 0 Å². The van der Waals surface area contributed by atoms with Gasteiger partial charge in [-0.05, 0) is 112 Å². The van der Waals surface area contributed by atoms with Gasteiger partial charge in [0.25, 0.3) is 0 Å². The third-order valence-corrected chi connectivity index (χ3v) is 9.98. The van der Waals surface area contributed by atoms with Crippen molar-refractivity contribution < 1.29 is 0 Å². The maximum absolute atomic E-state index is 2.37. The van der Waals surface area contributed by atoms with Crippen molar-refractivity contribution in [2.45, 2.75) is 136 Å². The molecule has 0 aromatic rings. The summed E-state index contributed by atoms with van der Waals surface area (Å²) in [6.07, 6.45) is 29.6. The molecule has 4 aliphatic carbocycles. The van der Waals surface area contributed by atoms with Gasteiger partial charge >= 0.3 is 0 Å². The van der Waals surface area contributed by atoms with Crippen LogP contribution in [0.15, 0.2) is 0 Å². The molecule has 27 heavy (non-hydrogen) atoms. The second kappa shape index (κ2) is 8.79. The van der Waals surface area contributed by atoms with E-state index >= 15 is 0 Å². The molecule has 0 amide bonds.